The van der Waals surface area contributed by atoms with Gasteiger partial charge in [-0.3, -0.25) is 14.9 Å². The molecule has 40 heavy (non-hydrogen) atoms. The lowest BCUT2D eigenvalue weighted by atomic mass is 10.0. The van der Waals surface area contributed by atoms with Crippen LogP contribution in [0.3, 0.4) is 0 Å². The summed E-state index contributed by atoms with van der Waals surface area (Å²) in [7, 11) is 4.48. The van der Waals surface area contributed by atoms with E-state index >= 15 is 0 Å². The molecular formula is C28H24ClN3O8. The van der Waals surface area contributed by atoms with E-state index in [1.807, 2.05) is 0 Å². The normalized spacial score (nSPS) is 11.4. The fourth-order valence-corrected chi connectivity index (χ4v) is 4.17. The maximum Gasteiger partial charge on any atom is 0.339 e. The number of para-hydroxylation sites is 1. The Hall–Kier alpha value is -4.90. The second-order valence-corrected chi connectivity index (χ2v) is 8.85. The van der Waals surface area contributed by atoms with E-state index in [1.54, 1.807) is 42.5 Å². The Morgan fingerprint density at radius 2 is 1.65 bits per heavy atom. The van der Waals surface area contributed by atoms with E-state index in [1.165, 1.54) is 40.4 Å². The number of carbonyl (C=O) groups is 2. The molecule has 1 unspecified atom stereocenters. The van der Waals surface area contributed by atoms with E-state index < -0.39 is 22.9 Å². The van der Waals surface area contributed by atoms with E-state index in [0.717, 1.165) is 6.07 Å². The van der Waals surface area contributed by atoms with Crippen LogP contribution in [0.4, 0.5) is 11.4 Å². The zero-order valence-corrected chi connectivity index (χ0v) is 22.6. The monoisotopic (exact) mass is 565 g/mol. The smallest absolute Gasteiger partial charge is 0.339 e. The van der Waals surface area contributed by atoms with Crippen molar-refractivity contribution >= 4 is 45.8 Å². The standard InChI is InChI=1S/C28H24ClN3O8/c1-15(27(33)31-22-10-9-17(32(35)36)13-20(22)29)40-28(34)19-14-23(30-21-8-6-5-7-18(19)21)16-11-24(37-2)26(39-4)25(12-16)38-3/h5-15H,1-4H3,(H,31,33). The van der Waals surface area contributed by atoms with Crippen molar-refractivity contribution in [2.45, 2.75) is 13.0 Å². The van der Waals surface area contributed by atoms with Gasteiger partial charge in [0.05, 0.1) is 53.7 Å². The molecule has 4 aromatic rings. The maximum atomic E-state index is 13.3. The van der Waals surface area contributed by atoms with Crippen LogP contribution < -0.4 is 19.5 Å². The Balaban J connectivity index is 1.65. The van der Waals surface area contributed by atoms with Crippen molar-refractivity contribution in [2.75, 3.05) is 26.6 Å². The zero-order valence-electron chi connectivity index (χ0n) is 21.9. The molecule has 1 atom stereocenters. The van der Waals surface area contributed by atoms with Gasteiger partial charge < -0.3 is 24.3 Å². The number of methoxy groups -OCH3 is 3. The van der Waals surface area contributed by atoms with Gasteiger partial charge in [-0.05, 0) is 37.3 Å². The number of benzene rings is 3. The van der Waals surface area contributed by atoms with Gasteiger partial charge >= 0.3 is 5.97 Å². The van der Waals surface area contributed by atoms with Crippen LogP contribution in [0, 0.1) is 10.1 Å². The highest BCUT2D eigenvalue weighted by atomic mass is 35.5. The Bertz CT molecular complexity index is 1600. The van der Waals surface area contributed by atoms with Gasteiger partial charge in [0.15, 0.2) is 17.6 Å². The summed E-state index contributed by atoms with van der Waals surface area (Å²) >= 11 is 6.07. The number of amides is 1. The third-order valence-electron chi connectivity index (χ3n) is 5.97. The molecule has 0 fully saturated rings. The largest absolute Gasteiger partial charge is 0.493 e. The summed E-state index contributed by atoms with van der Waals surface area (Å²) in [5.74, 6) is -0.212. The van der Waals surface area contributed by atoms with Gasteiger partial charge in [-0.25, -0.2) is 9.78 Å². The Labute approximate surface area is 233 Å². The molecule has 11 nitrogen and oxygen atoms in total. The highest BCUT2D eigenvalue weighted by molar-refractivity contribution is 6.34. The second kappa shape index (κ2) is 11.9. The molecule has 1 N–H and O–H groups in total. The Morgan fingerprint density at radius 1 is 0.975 bits per heavy atom. The molecule has 1 amide bonds. The average Bonchev–Trinajstić information content (AvgIpc) is 2.96. The summed E-state index contributed by atoms with van der Waals surface area (Å²) in [5, 5.41) is 13.9. The van der Waals surface area contributed by atoms with Crippen LogP contribution in [0.1, 0.15) is 17.3 Å². The highest BCUT2D eigenvalue weighted by Crippen LogP contribution is 2.41. The van der Waals surface area contributed by atoms with E-state index in [0.29, 0.717) is 39.4 Å². The van der Waals surface area contributed by atoms with Crippen molar-refractivity contribution in [3.05, 3.63) is 81.4 Å². The number of esters is 1. The fourth-order valence-electron chi connectivity index (χ4n) is 3.95. The predicted molar refractivity (Wildman–Crippen MR) is 148 cm³/mol. The van der Waals surface area contributed by atoms with Crippen LogP contribution >= 0.6 is 11.6 Å². The number of nitrogens with zero attached hydrogens (tertiary/aromatic N) is 2. The van der Waals surface area contributed by atoms with Gasteiger partial charge in [-0.2, -0.15) is 0 Å². The van der Waals surface area contributed by atoms with Gasteiger partial charge in [0, 0.05) is 23.1 Å². The average molecular weight is 566 g/mol. The number of hydrogen-bond acceptors (Lipinski definition) is 9. The fraction of sp³-hybridized carbons (Fsp3) is 0.179. The number of aromatic nitrogens is 1. The number of hydrogen-bond donors (Lipinski definition) is 1. The van der Waals surface area contributed by atoms with Crippen molar-refractivity contribution in [1.82, 2.24) is 4.98 Å². The first kappa shape index (κ1) is 28.1. The topological polar surface area (TPSA) is 139 Å². The molecule has 4 rings (SSSR count). The minimum absolute atomic E-state index is 0.0313. The molecule has 0 saturated heterocycles. The number of anilines is 1. The number of nitro benzene ring substituents is 1. The minimum Gasteiger partial charge on any atom is -0.493 e. The summed E-state index contributed by atoms with van der Waals surface area (Å²) in [4.78, 5) is 41.1. The molecule has 1 heterocycles. The van der Waals surface area contributed by atoms with E-state index in [-0.39, 0.29) is 22.0 Å². The van der Waals surface area contributed by atoms with Gasteiger partial charge in [-0.15, -0.1) is 0 Å². The van der Waals surface area contributed by atoms with Crippen LogP contribution in [0.2, 0.25) is 5.02 Å². The molecule has 0 aliphatic carbocycles. The summed E-state index contributed by atoms with van der Waals surface area (Å²) in [6.45, 7) is 1.40. The predicted octanol–water partition coefficient (Wildman–Crippen LogP) is 5.67. The first-order chi connectivity index (χ1) is 19.2. The van der Waals surface area contributed by atoms with Crippen molar-refractivity contribution in [2.24, 2.45) is 0 Å². The number of nitrogens with one attached hydrogen (secondary N) is 1. The molecule has 206 valence electrons. The van der Waals surface area contributed by atoms with Gasteiger partial charge in [0.25, 0.3) is 11.6 Å². The molecule has 0 saturated carbocycles. The molecule has 0 bridgehead atoms. The molecule has 0 aliphatic heterocycles. The quantitative estimate of drug-likeness (QED) is 0.154. The number of rotatable bonds is 9. The Morgan fingerprint density at radius 3 is 2.25 bits per heavy atom. The lowest BCUT2D eigenvalue weighted by Crippen LogP contribution is -2.30. The number of nitro groups is 1. The second-order valence-electron chi connectivity index (χ2n) is 8.44. The minimum atomic E-state index is -1.23. The van der Waals surface area contributed by atoms with Crippen molar-refractivity contribution in [1.29, 1.82) is 0 Å². The van der Waals surface area contributed by atoms with Crippen LogP contribution in [0.15, 0.2) is 60.7 Å². The van der Waals surface area contributed by atoms with Gasteiger partial charge in [0.1, 0.15) is 0 Å². The number of fused-ring (bicyclic) bond motifs is 1. The van der Waals surface area contributed by atoms with E-state index in [2.05, 4.69) is 5.32 Å². The summed E-state index contributed by atoms with van der Waals surface area (Å²) in [5.41, 5.74) is 1.64. The highest BCUT2D eigenvalue weighted by Gasteiger charge is 2.24. The third kappa shape index (κ3) is 5.74. The number of ether oxygens (including phenoxy) is 4. The van der Waals surface area contributed by atoms with Crippen molar-refractivity contribution in [3.63, 3.8) is 0 Å². The third-order valence-corrected chi connectivity index (χ3v) is 6.28. The summed E-state index contributed by atoms with van der Waals surface area (Å²) in [6.07, 6.45) is -1.23. The van der Waals surface area contributed by atoms with Crippen LogP contribution in [0.25, 0.3) is 22.2 Å². The first-order valence-corrected chi connectivity index (χ1v) is 12.2. The first-order valence-electron chi connectivity index (χ1n) is 11.8. The van der Waals surface area contributed by atoms with E-state index in [4.69, 9.17) is 35.5 Å². The lowest BCUT2D eigenvalue weighted by Gasteiger charge is -2.16. The zero-order chi connectivity index (χ0) is 29.0. The molecule has 3 aromatic carbocycles. The lowest BCUT2D eigenvalue weighted by molar-refractivity contribution is -0.384. The molecule has 0 radical (unpaired) electrons. The number of pyridine rings is 1. The number of carbonyl (C=O) groups excluding carboxylic acids is 2. The Kier molecular flexibility index (Phi) is 8.34. The molecular weight excluding hydrogens is 542 g/mol. The number of non-ortho nitro benzene ring substituents is 1. The van der Waals surface area contributed by atoms with E-state index in [9.17, 15) is 19.7 Å². The van der Waals surface area contributed by atoms with Crippen LogP contribution in [-0.2, 0) is 9.53 Å². The summed E-state index contributed by atoms with van der Waals surface area (Å²) in [6, 6.07) is 15.6. The molecule has 1 aromatic heterocycles. The van der Waals surface area contributed by atoms with Crippen molar-refractivity contribution in [3.8, 4) is 28.5 Å². The van der Waals surface area contributed by atoms with Crippen LogP contribution in [0.5, 0.6) is 17.2 Å². The van der Waals surface area contributed by atoms with Gasteiger partial charge in [0.2, 0.25) is 5.75 Å². The SMILES string of the molecule is COc1cc(-c2cc(C(=O)OC(C)C(=O)Nc3ccc([N+](=O)[O-])cc3Cl)c3ccccc3n2)cc(OC)c1OC. The number of halogens is 1. The molecule has 12 heteroatoms. The molecule has 0 spiro atoms. The maximum absolute atomic E-state index is 13.3. The van der Waals surface area contributed by atoms with Gasteiger partial charge in [-0.1, -0.05) is 29.8 Å². The summed E-state index contributed by atoms with van der Waals surface area (Å²) < 4.78 is 21.8. The van der Waals surface area contributed by atoms with Crippen molar-refractivity contribution < 1.29 is 33.5 Å². The van der Waals surface area contributed by atoms with Crippen LogP contribution in [-0.4, -0.2) is 49.2 Å². The molecule has 0 aliphatic rings.